The topological polar surface area (TPSA) is 52.6 Å². The van der Waals surface area contributed by atoms with Crippen molar-refractivity contribution < 1.29 is 9.90 Å². The number of hydrogen-bond acceptors (Lipinski definition) is 2. The van der Waals surface area contributed by atoms with Gasteiger partial charge in [0.15, 0.2) is 0 Å². The summed E-state index contributed by atoms with van der Waals surface area (Å²) in [6.07, 6.45) is 0.888. The smallest absolute Gasteiger partial charge is 0.404 e. The number of piperidine rings is 1. The van der Waals surface area contributed by atoms with Crippen LogP contribution >= 0.6 is 22.6 Å². The molecular weight excluding hydrogens is 343 g/mol. The molecule has 0 unspecified atom stereocenters. The van der Waals surface area contributed by atoms with Crippen LogP contribution in [0.15, 0.2) is 24.3 Å². The van der Waals surface area contributed by atoms with Crippen molar-refractivity contribution in [2.75, 3.05) is 13.1 Å². The number of rotatable bonds is 3. The van der Waals surface area contributed by atoms with Gasteiger partial charge in [-0.3, -0.25) is 4.90 Å². The van der Waals surface area contributed by atoms with E-state index < -0.39 is 6.09 Å². The molecule has 0 saturated carbocycles. The maximum absolute atomic E-state index is 10.5. The van der Waals surface area contributed by atoms with Crippen LogP contribution in [-0.2, 0) is 6.54 Å². The largest absolute Gasteiger partial charge is 0.465 e. The van der Waals surface area contributed by atoms with Gasteiger partial charge in [0, 0.05) is 29.2 Å². The van der Waals surface area contributed by atoms with Crippen molar-refractivity contribution in [3.8, 4) is 0 Å². The quantitative estimate of drug-likeness (QED) is 0.815. The van der Waals surface area contributed by atoms with Gasteiger partial charge in [-0.25, -0.2) is 4.79 Å². The van der Waals surface area contributed by atoms with E-state index in [1.165, 1.54) is 9.13 Å². The predicted molar refractivity (Wildman–Crippen MR) is 78.6 cm³/mol. The zero-order chi connectivity index (χ0) is 13.0. The lowest BCUT2D eigenvalue weighted by molar-refractivity contribution is 0.165. The van der Waals surface area contributed by atoms with Crippen LogP contribution in [0, 0.1) is 3.57 Å². The van der Waals surface area contributed by atoms with Crippen molar-refractivity contribution in [1.82, 2.24) is 10.2 Å². The van der Waals surface area contributed by atoms with Gasteiger partial charge in [-0.1, -0.05) is 12.1 Å². The van der Waals surface area contributed by atoms with E-state index in [2.05, 4.69) is 57.1 Å². The molecule has 1 aromatic carbocycles. The summed E-state index contributed by atoms with van der Waals surface area (Å²) in [5.41, 5.74) is 1.32. The summed E-state index contributed by atoms with van der Waals surface area (Å²) in [5.74, 6) is 0. The molecule has 1 heterocycles. The maximum atomic E-state index is 10.5. The van der Waals surface area contributed by atoms with Crippen molar-refractivity contribution in [2.24, 2.45) is 0 Å². The van der Waals surface area contributed by atoms with Crippen LogP contribution in [0.1, 0.15) is 18.4 Å². The summed E-state index contributed by atoms with van der Waals surface area (Å²) < 4.78 is 1.25. The van der Waals surface area contributed by atoms with Gasteiger partial charge in [0.1, 0.15) is 0 Å². The number of benzene rings is 1. The monoisotopic (exact) mass is 360 g/mol. The van der Waals surface area contributed by atoms with Crippen LogP contribution < -0.4 is 5.32 Å². The Morgan fingerprint density at radius 2 is 1.94 bits per heavy atom. The fourth-order valence-corrected chi connectivity index (χ4v) is 2.62. The minimum atomic E-state index is -0.911. The molecule has 5 heteroatoms. The van der Waals surface area contributed by atoms with Crippen LogP contribution in [0.2, 0.25) is 0 Å². The molecule has 1 fully saturated rings. The highest BCUT2D eigenvalue weighted by molar-refractivity contribution is 14.1. The Morgan fingerprint density at radius 1 is 1.33 bits per heavy atom. The van der Waals surface area contributed by atoms with E-state index in [0.29, 0.717) is 0 Å². The SMILES string of the molecule is O=C(O)NC1CCN(Cc2ccc(I)cc2)CC1. The lowest BCUT2D eigenvalue weighted by Crippen LogP contribution is -2.43. The number of nitrogens with zero attached hydrogens (tertiary/aromatic N) is 1. The predicted octanol–water partition coefficient (Wildman–Crippen LogP) is 2.52. The second kappa shape index (κ2) is 6.38. The van der Waals surface area contributed by atoms with Crippen molar-refractivity contribution in [1.29, 1.82) is 0 Å². The van der Waals surface area contributed by atoms with E-state index in [1.807, 2.05) is 0 Å². The molecule has 1 saturated heterocycles. The lowest BCUT2D eigenvalue weighted by Gasteiger charge is -2.31. The first kappa shape index (κ1) is 13.6. The molecule has 98 valence electrons. The third kappa shape index (κ3) is 4.13. The van der Waals surface area contributed by atoms with Crippen LogP contribution in [0.5, 0.6) is 0 Å². The Balaban J connectivity index is 1.79. The van der Waals surface area contributed by atoms with E-state index >= 15 is 0 Å². The van der Waals surface area contributed by atoms with Gasteiger partial charge in [-0.2, -0.15) is 0 Å². The van der Waals surface area contributed by atoms with Gasteiger partial charge in [-0.05, 0) is 53.1 Å². The van der Waals surface area contributed by atoms with E-state index in [0.717, 1.165) is 32.5 Å². The molecule has 2 N–H and O–H groups in total. The summed E-state index contributed by atoms with van der Waals surface area (Å²) in [5, 5.41) is 11.2. The number of hydrogen-bond donors (Lipinski definition) is 2. The maximum Gasteiger partial charge on any atom is 0.404 e. The molecule has 0 aliphatic carbocycles. The molecule has 0 radical (unpaired) electrons. The average Bonchev–Trinajstić information content (AvgIpc) is 2.34. The van der Waals surface area contributed by atoms with E-state index in [1.54, 1.807) is 0 Å². The molecule has 1 aliphatic rings. The Hall–Kier alpha value is -0.820. The van der Waals surface area contributed by atoms with Gasteiger partial charge in [0.25, 0.3) is 0 Å². The Labute approximate surface area is 121 Å². The van der Waals surface area contributed by atoms with Gasteiger partial charge < -0.3 is 10.4 Å². The number of likely N-dealkylation sites (tertiary alicyclic amines) is 1. The highest BCUT2D eigenvalue weighted by Crippen LogP contribution is 2.15. The zero-order valence-electron chi connectivity index (χ0n) is 10.1. The fraction of sp³-hybridized carbons (Fsp3) is 0.462. The molecule has 0 spiro atoms. The van der Waals surface area contributed by atoms with Crippen LogP contribution in [0.3, 0.4) is 0 Å². The van der Waals surface area contributed by atoms with Crippen molar-refractivity contribution in [2.45, 2.75) is 25.4 Å². The molecule has 1 amide bonds. The van der Waals surface area contributed by atoms with E-state index in [4.69, 9.17) is 5.11 Å². The summed E-state index contributed by atoms with van der Waals surface area (Å²) in [6.45, 7) is 2.87. The summed E-state index contributed by atoms with van der Waals surface area (Å²) in [7, 11) is 0. The van der Waals surface area contributed by atoms with Crippen LogP contribution in [0.25, 0.3) is 0 Å². The van der Waals surface area contributed by atoms with E-state index in [-0.39, 0.29) is 6.04 Å². The molecule has 18 heavy (non-hydrogen) atoms. The normalized spacial score (nSPS) is 17.6. The Kier molecular flexibility index (Phi) is 4.82. The van der Waals surface area contributed by atoms with Crippen molar-refractivity contribution in [3.63, 3.8) is 0 Å². The highest BCUT2D eigenvalue weighted by Gasteiger charge is 2.20. The second-order valence-electron chi connectivity index (χ2n) is 4.63. The minimum absolute atomic E-state index is 0.121. The number of nitrogens with one attached hydrogen (secondary N) is 1. The lowest BCUT2D eigenvalue weighted by atomic mass is 10.0. The number of carboxylic acid groups (broad SMARTS) is 1. The highest BCUT2D eigenvalue weighted by atomic mass is 127. The molecule has 0 aromatic heterocycles. The molecule has 2 rings (SSSR count). The molecule has 1 aliphatic heterocycles. The molecule has 0 atom stereocenters. The zero-order valence-corrected chi connectivity index (χ0v) is 12.3. The van der Waals surface area contributed by atoms with Gasteiger partial charge in [-0.15, -0.1) is 0 Å². The summed E-state index contributed by atoms with van der Waals surface area (Å²) >= 11 is 2.30. The Morgan fingerprint density at radius 3 is 2.50 bits per heavy atom. The van der Waals surface area contributed by atoms with Gasteiger partial charge in [0.05, 0.1) is 0 Å². The van der Waals surface area contributed by atoms with Crippen LogP contribution in [0.4, 0.5) is 4.79 Å². The standard InChI is InChI=1S/C13H17IN2O2/c14-11-3-1-10(2-4-11)9-16-7-5-12(6-8-16)15-13(17)18/h1-4,12,15H,5-9H2,(H,17,18). The first-order valence-corrected chi connectivity index (χ1v) is 7.17. The molecular formula is C13H17IN2O2. The molecule has 0 bridgehead atoms. The van der Waals surface area contributed by atoms with Gasteiger partial charge in [0.2, 0.25) is 0 Å². The first-order chi connectivity index (χ1) is 8.63. The third-order valence-electron chi connectivity index (χ3n) is 3.23. The van der Waals surface area contributed by atoms with Crippen molar-refractivity contribution in [3.05, 3.63) is 33.4 Å². The number of carbonyl (C=O) groups is 1. The minimum Gasteiger partial charge on any atom is -0.465 e. The fourth-order valence-electron chi connectivity index (χ4n) is 2.26. The summed E-state index contributed by atoms with van der Waals surface area (Å²) in [6, 6.07) is 8.67. The number of halogens is 1. The van der Waals surface area contributed by atoms with Gasteiger partial charge >= 0.3 is 6.09 Å². The summed E-state index contributed by atoms with van der Waals surface area (Å²) in [4.78, 5) is 12.9. The van der Waals surface area contributed by atoms with E-state index in [9.17, 15) is 4.79 Å². The third-order valence-corrected chi connectivity index (χ3v) is 3.95. The van der Waals surface area contributed by atoms with Crippen molar-refractivity contribution >= 4 is 28.7 Å². The van der Waals surface area contributed by atoms with Crippen LogP contribution in [-0.4, -0.2) is 35.2 Å². The first-order valence-electron chi connectivity index (χ1n) is 6.10. The Bertz CT molecular complexity index is 400. The molecule has 1 aromatic rings. The number of amides is 1. The average molecular weight is 360 g/mol. The molecule has 4 nitrogen and oxygen atoms in total. The second-order valence-corrected chi connectivity index (χ2v) is 5.87.